The highest BCUT2D eigenvalue weighted by Crippen LogP contribution is 2.69. The molecule has 0 aromatic rings. The van der Waals surface area contributed by atoms with Gasteiger partial charge in [0, 0.05) is 0 Å². The van der Waals surface area contributed by atoms with Gasteiger partial charge in [0.25, 0.3) is 0 Å². The second-order valence-electron chi connectivity index (χ2n) is 12.6. The average Bonchev–Trinajstić information content (AvgIpc) is 2.75. The topological polar surface area (TPSA) is 0 Å². The van der Waals surface area contributed by atoms with Crippen molar-refractivity contribution in [2.75, 3.05) is 0 Å². The van der Waals surface area contributed by atoms with E-state index < -0.39 is 0 Å². The second-order valence-corrected chi connectivity index (χ2v) is 12.6. The lowest BCUT2D eigenvalue weighted by Gasteiger charge is -2.51. The molecule has 0 aromatic heterocycles. The largest absolute Gasteiger partial charge is 0.0676 e. The van der Waals surface area contributed by atoms with Gasteiger partial charge in [-0.2, -0.15) is 0 Å². The van der Waals surface area contributed by atoms with Crippen LogP contribution in [0.3, 0.4) is 0 Å². The van der Waals surface area contributed by atoms with E-state index in [4.69, 9.17) is 0 Å². The van der Waals surface area contributed by atoms with Crippen molar-refractivity contribution in [1.29, 1.82) is 0 Å². The van der Waals surface area contributed by atoms with Gasteiger partial charge in [-0.1, -0.05) is 98.0 Å². The summed E-state index contributed by atoms with van der Waals surface area (Å²) in [6.45, 7) is 34.6. The average molecular weight is 387 g/mol. The number of rotatable bonds is 5. The van der Waals surface area contributed by atoms with E-state index in [9.17, 15) is 0 Å². The van der Waals surface area contributed by atoms with Crippen molar-refractivity contribution in [2.45, 2.75) is 123 Å². The Hall–Kier alpha value is -0.520. The molecule has 2 aliphatic rings. The molecule has 2 atom stereocenters. The van der Waals surface area contributed by atoms with E-state index in [-0.39, 0.29) is 10.8 Å². The Morgan fingerprint density at radius 2 is 0.964 bits per heavy atom. The maximum atomic E-state index is 2.55. The van der Waals surface area contributed by atoms with E-state index in [1.54, 1.807) is 22.3 Å². The summed E-state index contributed by atoms with van der Waals surface area (Å²) in [6.07, 6.45) is 5.20. The molecule has 0 bridgehead atoms. The molecule has 0 N–H and O–H groups in total. The third-order valence-corrected chi connectivity index (χ3v) is 12.1. The Balaban J connectivity index is 2.34. The Kier molecular flexibility index (Phi) is 5.50. The smallest absolute Gasteiger partial charge is 0.00314 e. The molecule has 0 heterocycles. The monoisotopic (exact) mass is 386 g/mol. The molecule has 28 heavy (non-hydrogen) atoms. The van der Waals surface area contributed by atoms with Gasteiger partial charge in [-0.25, -0.2) is 0 Å². The second kappa shape index (κ2) is 6.49. The van der Waals surface area contributed by atoms with Crippen molar-refractivity contribution in [3.8, 4) is 0 Å². The maximum Gasteiger partial charge on any atom is -0.00314 e. The zero-order chi connectivity index (χ0) is 22.1. The zero-order valence-electron chi connectivity index (χ0n) is 21.8. The molecule has 0 aromatic carbocycles. The van der Waals surface area contributed by atoms with Crippen LogP contribution < -0.4 is 0 Å². The van der Waals surface area contributed by atoms with E-state index in [1.165, 1.54) is 25.7 Å². The highest BCUT2D eigenvalue weighted by Gasteiger charge is 2.60. The van der Waals surface area contributed by atoms with Gasteiger partial charge in [0.15, 0.2) is 0 Å². The number of allylic oxidation sites excluding steroid dienone is 4. The molecule has 0 spiro atoms. The SMILES string of the molecule is CCC1(CCCC2(C)C(C)=C(C)C(C)(C)C2(C)C)C(C)=C(C)C(C)(C)C1(C)C. The van der Waals surface area contributed by atoms with Crippen LogP contribution in [-0.2, 0) is 0 Å². The first kappa shape index (κ1) is 23.8. The van der Waals surface area contributed by atoms with Gasteiger partial charge in [0.1, 0.15) is 0 Å². The Morgan fingerprint density at radius 3 is 1.29 bits per heavy atom. The predicted molar refractivity (Wildman–Crippen MR) is 127 cm³/mol. The minimum atomic E-state index is 0.273. The van der Waals surface area contributed by atoms with Gasteiger partial charge in [-0.3, -0.25) is 0 Å². The molecule has 0 amide bonds. The fraction of sp³-hybridized carbons (Fsp3) is 0.857. The van der Waals surface area contributed by atoms with Crippen molar-refractivity contribution in [2.24, 2.45) is 32.5 Å². The van der Waals surface area contributed by atoms with E-state index in [1.807, 2.05) is 0 Å². The molecule has 0 heteroatoms. The molecule has 162 valence electrons. The summed E-state index contributed by atoms with van der Waals surface area (Å²) in [6, 6.07) is 0. The van der Waals surface area contributed by atoms with Gasteiger partial charge in [-0.15, -0.1) is 0 Å². The zero-order valence-corrected chi connectivity index (χ0v) is 21.8. The van der Waals surface area contributed by atoms with Crippen LogP contribution in [0.25, 0.3) is 0 Å². The van der Waals surface area contributed by atoms with Crippen LogP contribution in [0.1, 0.15) is 123 Å². The summed E-state index contributed by atoms with van der Waals surface area (Å²) in [5.41, 5.74) is 8.37. The van der Waals surface area contributed by atoms with Crippen molar-refractivity contribution in [3.63, 3.8) is 0 Å². The van der Waals surface area contributed by atoms with Gasteiger partial charge in [0.05, 0.1) is 0 Å². The summed E-state index contributed by atoms with van der Waals surface area (Å²) >= 11 is 0. The molecular weight excluding hydrogens is 336 g/mol. The fourth-order valence-corrected chi connectivity index (χ4v) is 7.50. The van der Waals surface area contributed by atoms with E-state index in [2.05, 4.69) is 96.9 Å². The summed E-state index contributed by atoms with van der Waals surface area (Å²) in [7, 11) is 0. The number of hydrogen-bond donors (Lipinski definition) is 0. The third-order valence-electron chi connectivity index (χ3n) is 12.1. The van der Waals surface area contributed by atoms with Crippen LogP contribution in [-0.4, -0.2) is 0 Å². The van der Waals surface area contributed by atoms with Crippen LogP contribution in [0.4, 0.5) is 0 Å². The first-order chi connectivity index (χ1) is 12.4. The van der Waals surface area contributed by atoms with Gasteiger partial charge >= 0.3 is 0 Å². The Morgan fingerprint density at radius 1 is 0.536 bits per heavy atom. The van der Waals surface area contributed by atoms with Crippen LogP contribution in [0.2, 0.25) is 0 Å². The van der Waals surface area contributed by atoms with Crippen LogP contribution in [0.5, 0.6) is 0 Å². The minimum Gasteiger partial charge on any atom is -0.0676 e. The number of hydrogen-bond acceptors (Lipinski definition) is 0. The normalized spacial score (nSPS) is 35.8. The summed E-state index contributed by atoms with van der Waals surface area (Å²) in [5.74, 6) is 0. The third kappa shape index (κ3) is 2.48. The van der Waals surface area contributed by atoms with Crippen molar-refractivity contribution < 1.29 is 0 Å². The van der Waals surface area contributed by atoms with E-state index in [0.29, 0.717) is 21.7 Å². The molecular formula is C28H50. The van der Waals surface area contributed by atoms with Crippen molar-refractivity contribution in [3.05, 3.63) is 22.3 Å². The quantitative estimate of drug-likeness (QED) is 0.413. The lowest BCUT2D eigenvalue weighted by atomic mass is 9.53. The van der Waals surface area contributed by atoms with Crippen LogP contribution in [0.15, 0.2) is 22.3 Å². The Bertz CT molecular complexity index is 706. The fourth-order valence-electron chi connectivity index (χ4n) is 7.50. The molecule has 2 rings (SSSR count). The molecule has 0 nitrogen and oxygen atoms in total. The summed E-state index contributed by atoms with van der Waals surface area (Å²) in [5, 5.41) is 0. The molecule has 2 unspecified atom stereocenters. The van der Waals surface area contributed by atoms with Gasteiger partial charge in [-0.05, 0) is 79.4 Å². The van der Waals surface area contributed by atoms with E-state index >= 15 is 0 Å². The lowest BCUT2D eigenvalue weighted by molar-refractivity contribution is 0.00891. The lowest BCUT2D eigenvalue weighted by Crippen LogP contribution is -2.44. The van der Waals surface area contributed by atoms with Gasteiger partial charge < -0.3 is 0 Å². The molecule has 0 fully saturated rings. The summed E-state index contributed by atoms with van der Waals surface area (Å²) in [4.78, 5) is 0. The molecule has 0 radical (unpaired) electrons. The van der Waals surface area contributed by atoms with Crippen LogP contribution >= 0.6 is 0 Å². The standard InChI is InChI=1S/C28H50/c1-15-28(22(5)20(3)24(8,9)26(28,12)13)18-16-17-27(14)21(4)19(2)23(6,7)25(27,10)11/h15-18H2,1-14H3. The Labute approximate surface area is 177 Å². The highest BCUT2D eigenvalue weighted by molar-refractivity contribution is 5.38. The maximum absolute atomic E-state index is 2.55. The van der Waals surface area contributed by atoms with Crippen LogP contribution in [0, 0.1) is 32.5 Å². The molecule has 0 aliphatic heterocycles. The molecule has 0 saturated heterocycles. The minimum absolute atomic E-state index is 0.273. The molecule has 2 aliphatic carbocycles. The van der Waals surface area contributed by atoms with Crippen molar-refractivity contribution >= 4 is 0 Å². The first-order valence-corrected chi connectivity index (χ1v) is 11.8. The van der Waals surface area contributed by atoms with E-state index in [0.717, 1.165) is 0 Å². The first-order valence-electron chi connectivity index (χ1n) is 11.8. The molecule has 0 saturated carbocycles. The van der Waals surface area contributed by atoms with Gasteiger partial charge in [0.2, 0.25) is 0 Å². The highest BCUT2D eigenvalue weighted by atomic mass is 14.6. The summed E-state index contributed by atoms with van der Waals surface area (Å²) < 4.78 is 0. The predicted octanol–water partition coefficient (Wildman–Crippen LogP) is 9.36. The van der Waals surface area contributed by atoms with Crippen molar-refractivity contribution in [1.82, 2.24) is 0 Å².